The number of hydrogen-bond donors (Lipinski definition) is 0. The summed E-state index contributed by atoms with van der Waals surface area (Å²) in [5.74, 6) is 0. The van der Waals surface area contributed by atoms with Gasteiger partial charge in [-0.15, -0.1) is 0 Å². The topological polar surface area (TPSA) is 0 Å². The Labute approximate surface area is 74.0 Å². The van der Waals surface area contributed by atoms with Gasteiger partial charge in [-0.1, -0.05) is 57.4 Å². The highest BCUT2D eigenvalue weighted by atomic mass is 79.9. The maximum Gasteiger partial charge on any atom is 0.0325 e. The van der Waals surface area contributed by atoms with Crippen molar-refractivity contribution in [3.05, 3.63) is 12.2 Å². The van der Waals surface area contributed by atoms with E-state index in [9.17, 15) is 0 Å². The molecular formula is C7H12Br2. The first kappa shape index (κ1) is 9.70. The van der Waals surface area contributed by atoms with Crippen LogP contribution in [0.15, 0.2) is 12.2 Å². The Morgan fingerprint density at radius 1 is 1.56 bits per heavy atom. The molecule has 0 aliphatic carbocycles. The third-order valence-electron chi connectivity index (χ3n) is 0.998. The van der Waals surface area contributed by atoms with E-state index in [-0.39, 0.29) is 0 Å². The van der Waals surface area contributed by atoms with Crippen LogP contribution >= 0.6 is 31.9 Å². The van der Waals surface area contributed by atoms with Crippen LogP contribution in [-0.4, -0.2) is 10.2 Å². The van der Waals surface area contributed by atoms with Gasteiger partial charge in [-0.05, 0) is 6.42 Å². The van der Waals surface area contributed by atoms with Crippen LogP contribution in [0.5, 0.6) is 0 Å². The fourth-order valence-corrected chi connectivity index (χ4v) is 1.46. The minimum absolute atomic E-state index is 0.569. The van der Waals surface area contributed by atoms with Crippen LogP contribution in [0.3, 0.4) is 0 Å². The van der Waals surface area contributed by atoms with Crippen molar-refractivity contribution in [2.75, 3.05) is 5.33 Å². The lowest BCUT2D eigenvalue weighted by Crippen LogP contribution is -1.89. The molecule has 0 radical (unpaired) electrons. The zero-order valence-corrected chi connectivity index (χ0v) is 8.78. The van der Waals surface area contributed by atoms with Gasteiger partial charge in [-0.2, -0.15) is 0 Å². The van der Waals surface area contributed by atoms with Crippen LogP contribution in [-0.2, 0) is 0 Å². The van der Waals surface area contributed by atoms with Crippen LogP contribution in [0, 0.1) is 0 Å². The summed E-state index contributed by atoms with van der Waals surface area (Å²) in [5.41, 5.74) is 0. The van der Waals surface area contributed by atoms with E-state index < -0.39 is 0 Å². The monoisotopic (exact) mass is 254 g/mol. The van der Waals surface area contributed by atoms with E-state index >= 15 is 0 Å². The second kappa shape index (κ2) is 6.81. The Bertz CT molecular complexity index is 79.0. The first-order valence-corrected chi connectivity index (χ1v) is 5.21. The van der Waals surface area contributed by atoms with E-state index in [0.717, 1.165) is 5.33 Å². The Kier molecular flexibility index (Phi) is 7.34. The van der Waals surface area contributed by atoms with Gasteiger partial charge in [0.2, 0.25) is 0 Å². The quantitative estimate of drug-likeness (QED) is 0.533. The van der Waals surface area contributed by atoms with Gasteiger partial charge in [-0.3, -0.25) is 0 Å². The van der Waals surface area contributed by atoms with E-state index in [1.807, 2.05) is 0 Å². The number of alkyl halides is 2. The zero-order valence-electron chi connectivity index (χ0n) is 5.61. The van der Waals surface area contributed by atoms with Crippen molar-refractivity contribution in [2.24, 2.45) is 0 Å². The van der Waals surface area contributed by atoms with Crippen molar-refractivity contribution < 1.29 is 0 Å². The van der Waals surface area contributed by atoms with Gasteiger partial charge in [0, 0.05) is 10.2 Å². The van der Waals surface area contributed by atoms with Crippen molar-refractivity contribution in [1.29, 1.82) is 0 Å². The fraction of sp³-hybridized carbons (Fsp3) is 0.714. The molecule has 0 amide bonds. The normalized spacial score (nSPS) is 14.6. The van der Waals surface area contributed by atoms with Gasteiger partial charge in [0.1, 0.15) is 0 Å². The minimum atomic E-state index is 0.569. The lowest BCUT2D eigenvalue weighted by Gasteiger charge is -1.98. The summed E-state index contributed by atoms with van der Waals surface area (Å²) in [6.07, 6.45) is 6.76. The summed E-state index contributed by atoms with van der Waals surface area (Å²) in [6, 6.07) is 0. The van der Waals surface area contributed by atoms with Gasteiger partial charge in [-0.25, -0.2) is 0 Å². The van der Waals surface area contributed by atoms with E-state index in [0.29, 0.717) is 4.83 Å². The highest BCUT2D eigenvalue weighted by Crippen LogP contribution is 2.08. The molecule has 0 fully saturated rings. The molecule has 0 N–H and O–H groups in total. The maximum absolute atomic E-state index is 3.53. The summed E-state index contributed by atoms with van der Waals surface area (Å²) in [6.45, 7) is 2.19. The third kappa shape index (κ3) is 6.59. The van der Waals surface area contributed by atoms with Crippen LogP contribution in [0.25, 0.3) is 0 Å². The van der Waals surface area contributed by atoms with Crippen molar-refractivity contribution in [1.82, 2.24) is 0 Å². The van der Waals surface area contributed by atoms with Crippen LogP contribution in [0.2, 0.25) is 0 Å². The van der Waals surface area contributed by atoms with E-state index in [1.54, 1.807) is 0 Å². The Balaban J connectivity index is 3.25. The minimum Gasteiger partial charge on any atom is -0.0883 e. The van der Waals surface area contributed by atoms with Gasteiger partial charge in [0.05, 0.1) is 0 Å². The molecule has 9 heavy (non-hydrogen) atoms. The van der Waals surface area contributed by atoms with Crippen molar-refractivity contribution in [3.8, 4) is 0 Å². The molecule has 0 aromatic rings. The first-order valence-electron chi connectivity index (χ1n) is 3.18. The molecule has 0 spiro atoms. The second-order valence-corrected chi connectivity index (χ2v) is 3.71. The Morgan fingerprint density at radius 3 is 2.67 bits per heavy atom. The molecule has 0 saturated heterocycles. The molecule has 0 nitrogen and oxygen atoms in total. The predicted molar refractivity (Wildman–Crippen MR) is 50.6 cm³/mol. The average molecular weight is 256 g/mol. The van der Waals surface area contributed by atoms with Gasteiger partial charge in [0.25, 0.3) is 0 Å². The summed E-state index contributed by atoms with van der Waals surface area (Å²) in [7, 11) is 0. The van der Waals surface area contributed by atoms with Crippen LogP contribution in [0.4, 0.5) is 0 Å². The first-order chi connectivity index (χ1) is 4.31. The van der Waals surface area contributed by atoms with Crippen LogP contribution < -0.4 is 0 Å². The summed E-state index contributed by atoms with van der Waals surface area (Å²) in [5, 5.41) is 0.957. The van der Waals surface area contributed by atoms with Crippen molar-refractivity contribution in [3.63, 3.8) is 0 Å². The molecule has 0 aromatic heterocycles. The lowest BCUT2D eigenvalue weighted by atomic mass is 10.2. The molecular weight excluding hydrogens is 244 g/mol. The molecule has 1 atom stereocenters. The summed E-state index contributed by atoms with van der Waals surface area (Å²) < 4.78 is 0. The van der Waals surface area contributed by atoms with E-state index in [2.05, 4.69) is 50.9 Å². The molecule has 0 heterocycles. The third-order valence-corrected chi connectivity index (χ3v) is 2.14. The van der Waals surface area contributed by atoms with Crippen molar-refractivity contribution in [2.45, 2.75) is 24.6 Å². The van der Waals surface area contributed by atoms with Gasteiger partial charge < -0.3 is 0 Å². The van der Waals surface area contributed by atoms with Gasteiger partial charge in [0.15, 0.2) is 0 Å². The second-order valence-electron chi connectivity index (χ2n) is 1.89. The molecule has 54 valence electrons. The maximum atomic E-state index is 3.53. The molecule has 2 heteroatoms. The van der Waals surface area contributed by atoms with Crippen molar-refractivity contribution >= 4 is 31.9 Å². The highest BCUT2D eigenvalue weighted by Gasteiger charge is 1.93. The zero-order chi connectivity index (χ0) is 7.11. The molecule has 0 saturated carbocycles. The largest absolute Gasteiger partial charge is 0.0883 e. The number of allylic oxidation sites excluding steroid dienone is 2. The number of halogens is 2. The molecule has 0 aliphatic heterocycles. The number of rotatable bonds is 4. The number of hydrogen-bond acceptors (Lipinski definition) is 0. The Morgan fingerprint density at radius 2 is 2.22 bits per heavy atom. The Hall–Kier alpha value is 0.700. The predicted octanol–water partition coefficient (Wildman–Crippen LogP) is 3.50. The van der Waals surface area contributed by atoms with E-state index in [4.69, 9.17) is 0 Å². The van der Waals surface area contributed by atoms with Gasteiger partial charge >= 0.3 is 0 Å². The molecule has 0 bridgehead atoms. The lowest BCUT2D eigenvalue weighted by molar-refractivity contribution is 0.835. The molecule has 0 aliphatic rings. The average Bonchev–Trinajstić information content (AvgIpc) is 1.85. The standard InChI is InChI=1S/C7H12Br2/c1-2-4-7(9)5-3-6-8/h3,5,7H,2,4,6H2,1H3/b5-3+. The molecule has 0 rings (SSSR count). The SMILES string of the molecule is CCCC(Br)/C=C/CBr. The summed E-state index contributed by atoms with van der Waals surface area (Å²) in [4.78, 5) is 0.569. The van der Waals surface area contributed by atoms with E-state index in [1.165, 1.54) is 12.8 Å². The highest BCUT2D eigenvalue weighted by molar-refractivity contribution is 9.09. The van der Waals surface area contributed by atoms with Crippen LogP contribution in [0.1, 0.15) is 19.8 Å². The smallest absolute Gasteiger partial charge is 0.0325 e. The molecule has 0 aromatic carbocycles. The molecule has 1 unspecified atom stereocenters. The fourth-order valence-electron chi connectivity index (χ4n) is 0.571. The summed E-state index contributed by atoms with van der Waals surface area (Å²) >= 11 is 6.85.